The topological polar surface area (TPSA) is 30.7 Å². The van der Waals surface area contributed by atoms with E-state index in [0.717, 1.165) is 21.9 Å². The molecule has 0 saturated heterocycles. The Bertz CT molecular complexity index is 693. The van der Waals surface area contributed by atoms with Crippen LogP contribution in [0.5, 0.6) is 0 Å². The Morgan fingerprint density at radius 3 is 3.00 bits per heavy atom. The van der Waals surface area contributed by atoms with Gasteiger partial charge in [0.25, 0.3) is 0 Å². The highest BCUT2D eigenvalue weighted by Gasteiger charge is 2.12. The zero-order chi connectivity index (χ0) is 13.2. The molecule has 3 rings (SSSR count). The van der Waals surface area contributed by atoms with Crippen LogP contribution in [0.3, 0.4) is 0 Å². The van der Waals surface area contributed by atoms with E-state index >= 15 is 0 Å². The van der Waals surface area contributed by atoms with Gasteiger partial charge in [-0.1, -0.05) is 0 Å². The second kappa shape index (κ2) is 5.27. The minimum Gasteiger partial charge on any atom is -0.321 e. The Balaban J connectivity index is 2.12. The number of imidazole rings is 1. The first kappa shape index (κ1) is 12.6. The van der Waals surface area contributed by atoms with Gasteiger partial charge in [-0.3, -0.25) is 0 Å². The average molecular weight is 296 g/mol. The van der Waals surface area contributed by atoms with E-state index in [4.69, 9.17) is 11.6 Å². The maximum atomic E-state index is 13.4. The number of nitrogens with zero attached hydrogens (tertiary/aromatic N) is 3. The summed E-state index contributed by atoms with van der Waals surface area (Å²) in [5, 5.41) is 2.90. The molecule has 3 nitrogen and oxygen atoms in total. The van der Waals surface area contributed by atoms with Gasteiger partial charge in [-0.25, -0.2) is 14.4 Å². The molecular formula is C13H11ClFN3S. The zero-order valence-electron chi connectivity index (χ0n) is 10.0. The van der Waals surface area contributed by atoms with Crippen molar-refractivity contribution in [2.45, 2.75) is 13.0 Å². The maximum absolute atomic E-state index is 13.4. The molecule has 0 saturated carbocycles. The highest BCUT2D eigenvalue weighted by molar-refractivity contribution is 7.09. The van der Waals surface area contributed by atoms with Gasteiger partial charge in [-0.2, -0.15) is 0 Å². The summed E-state index contributed by atoms with van der Waals surface area (Å²) in [4.78, 5) is 8.78. The molecule has 19 heavy (non-hydrogen) atoms. The smallest absolute Gasteiger partial charge is 0.125 e. The third kappa shape index (κ3) is 2.48. The minimum absolute atomic E-state index is 0.259. The molecule has 0 aliphatic carbocycles. The molecule has 3 aromatic rings. The summed E-state index contributed by atoms with van der Waals surface area (Å²) in [6, 6.07) is 4.63. The molecule has 0 aliphatic rings. The van der Waals surface area contributed by atoms with Crippen molar-refractivity contribution in [2.24, 2.45) is 0 Å². The molecule has 0 N–H and O–H groups in total. The Kier molecular flexibility index (Phi) is 3.48. The summed E-state index contributed by atoms with van der Waals surface area (Å²) in [6.07, 6.45) is 2.42. The van der Waals surface area contributed by atoms with Crippen molar-refractivity contribution < 1.29 is 4.39 Å². The zero-order valence-corrected chi connectivity index (χ0v) is 11.6. The Labute approximate surface area is 118 Å². The Morgan fingerprint density at radius 2 is 2.26 bits per heavy atom. The predicted molar refractivity (Wildman–Crippen MR) is 75.3 cm³/mol. The number of rotatable bonds is 4. The van der Waals surface area contributed by atoms with Crippen LogP contribution >= 0.6 is 22.9 Å². The monoisotopic (exact) mass is 295 g/mol. The van der Waals surface area contributed by atoms with Crippen molar-refractivity contribution in [3.05, 3.63) is 46.4 Å². The molecular weight excluding hydrogens is 285 g/mol. The number of fused-ring (bicyclic) bond motifs is 1. The van der Waals surface area contributed by atoms with Crippen LogP contribution in [0.25, 0.3) is 11.0 Å². The van der Waals surface area contributed by atoms with E-state index in [1.54, 1.807) is 23.6 Å². The number of thiazole rings is 1. The van der Waals surface area contributed by atoms with Crippen LogP contribution in [-0.2, 0) is 13.0 Å². The van der Waals surface area contributed by atoms with Crippen LogP contribution in [0, 0.1) is 5.82 Å². The first-order valence-electron chi connectivity index (χ1n) is 5.87. The summed E-state index contributed by atoms with van der Waals surface area (Å²) in [6.45, 7) is 0.601. The second-order valence-electron chi connectivity index (χ2n) is 4.11. The fourth-order valence-corrected chi connectivity index (χ4v) is 2.84. The molecule has 0 spiro atoms. The summed E-state index contributed by atoms with van der Waals surface area (Å²) in [7, 11) is 0. The predicted octanol–water partition coefficient (Wildman–Crippen LogP) is 3.46. The molecule has 0 aliphatic heterocycles. The Morgan fingerprint density at radius 1 is 1.37 bits per heavy atom. The molecule has 0 bridgehead atoms. The normalized spacial score (nSPS) is 11.3. The van der Waals surface area contributed by atoms with Crippen LogP contribution in [0.15, 0.2) is 29.8 Å². The largest absolute Gasteiger partial charge is 0.321 e. The van der Waals surface area contributed by atoms with Crippen molar-refractivity contribution in [3.8, 4) is 0 Å². The van der Waals surface area contributed by atoms with Gasteiger partial charge in [0.2, 0.25) is 0 Å². The molecule has 0 unspecified atom stereocenters. The van der Waals surface area contributed by atoms with E-state index in [0.29, 0.717) is 18.8 Å². The van der Waals surface area contributed by atoms with E-state index in [2.05, 4.69) is 9.97 Å². The van der Waals surface area contributed by atoms with Gasteiger partial charge in [-0.05, 0) is 18.2 Å². The van der Waals surface area contributed by atoms with Crippen molar-refractivity contribution in [1.29, 1.82) is 0 Å². The summed E-state index contributed by atoms with van der Waals surface area (Å²) in [5.74, 6) is 1.10. The molecule has 98 valence electrons. The first-order valence-corrected chi connectivity index (χ1v) is 7.28. The van der Waals surface area contributed by atoms with E-state index < -0.39 is 0 Å². The van der Waals surface area contributed by atoms with Crippen molar-refractivity contribution in [3.63, 3.8) is 0 Å². The van der Waals surface area contributed by atoms with Crippen molar-refractivity contribution >= 4 is 34.0 Å². The number of hydrogen-bond donors (Lipinski definition) is 0. The molecule has 2 heterocycles. The third-order valence-corrected chi connectivity index (χ3v) is 3.84. The van der Waals surface area contributed by atoms with Crippen LogP contribution in [0.1, 0.15) is 10.8 Å². The number of aryl methyl sites for hydroxylation is 1. The van der Waals surface area contributed by atoms with E-state index in [-0.39, 0.29) is 5.82 Å². The lowest BCUT2D eigenvalue weighted by molar-refractivity contribution is 0.628. The van der Waals surface area contributed by atoms with Gasteiger partial charge in [0.05, 0.1) is 17.6 Å². The van der Waals surface area contributed by atoms with E-state index in [1.165, 1.54) is 12.1 Å². The van der Waals surface area contributed by atoms with Gasteiger partial charge in [0.15, 0.2) is 0 Å². The van der Waals surface area contributed by atoms with Gasteiger partial charge < -0.3 is 4.57 Å². The number of benzene rings is 1. The third-order valence-electron chi connectivity index (χ3n) is 2.88. The van der Waals surface area contributed by atoms with Crippen LogP contribution in [-0.4, -0.2) is 20.4 Å². The molecule has 2 aromatic heterocycles. The fraction of sp³-hybridized carbons (Fsp3) is 0.231. The van der Waals surface area contributed by atoms with Crippen LogP contribution in [0.4, 0.5) is 4.39 Å². The lowest BCUT2D eigenvalue weighted by Crippen LogP contribution is -2.05. The fourth-order valence-electron chi connectivity index (χ4n) is 2.06. The first-order chi connectivity index (χ1) is 9.28. The summed E-state index contributed by atoms with van der Waals surface area (Å²) >= 11 is 7.38. The van der Waals surface area contributed by atoms with E-state index in [9.17, 15) is 4.39 Å². The lowest BCUT2D eigenvalue weighted by Gasteiger charge is -2.06. The number of halogens is 2. The van der Waals surface area contributed by atoms with Gasteiger partial charge in [0.1, 0.15) is 16.6 Å². The number of alkyl halides is 1. The van der Waals surface area contributed by atoms with E-state index in [1.807, 2.05) is 9.95 Å². The Hall–Kier alpha value is -1.46. The molecule has 0 radical (unpaired) electrons. The number of aromatic nitrogens is 3. The van der Waals surface area contributed by atoms with Gasteiger partial charge in [0, 0.05) is 23.9 Å². The average Bonchev–Trinajstić information content (AvgIpc) is 3.00. The molecule has 0 fully saturated rings. The maximum Gasteiger partial charge on any atom is 0.125 e. The summed E-state index contributed by atoms with van der Waals surface area (Å²) < 4.78 is 15.4. The highest BCUT2D eigenvalue weighted by Crippen LogP contribution is 2.20. The van der Waals surface area contributed by atoms with Crippen molar-refractivity contribution in [1.82, 2.24) is 14.5 Å². The van der Waals surface area contributed by atoms with Gasteiger partial charge in [-0.15, -0.1) is 22.9 Å². The standard InChI is InChI=1S/C13H11ClFN3S/c14-4-3-12-17-10-2-1-9(15)7-11(10)18(12)8-13-16-5-6-19-13/h1-2,5-7H,3-4,8H2. The molecule has 0 amide bonds. The minimum atomic E-state index is -0.259. The van der Waals surface area contributed by atoms with Crippen LogP contribution < -0.4 is 0 Å². The molecule has 6 heteroatoms. The van der Waals surface area contributed by atoms with Gasteiger partial charge >= 0.3 is 0 Å². The molecule has 0 atom stereocenters. The van der Waals surface area contributed by atoms with Crippen LogP contribution in [0.2, 0.25) is 0 Å². The van der Waals surface area contributed by atoms with Crippen molar-refractivity contribution in [2.75, 3.05) is 5.88 Å². The number of hydrogen-bond acceptors (Lipinski definition) is 3. The SMILES string of the molecule is Fc1ccc2nc(CCCl)n(Cc3nccs3)c2c1. The second-order valence-corrected chi connectivity index (χ2v) is 5.47. The highest BCUT2D eigenvalue weighted by atomic mass is 35.5. The lowest BCUT2D eigenvalue weighted by atomic mass is 10.3. The molecule has 1 aromatic carbocycles. The summed E-state index contributed by atoms with van der Waals surface area (Å²) in [5.41, 5.74) is 1.58. The quantitative estimate of drug-likeness (QED) is 0.690.